The van der Waals surface area contributed by atoms with Gasteiger partial charge in [0, 0.05) is 19.6 Å². The SMILES string of the molecule is COc1cccc(C(CN2CCOCC2)C(=O)O)c1. The largest absolute Gasteiger partial charge is 0.497 e. The summed E-state index contributed by atoms with van der Waals surface area (Å²) in [5.74, 6) is -0.654. The second-order valence-corrected chi connectivity index (χ2v) is 4.58. The molecule has 1 heterocycles. The van der Waals surface area contributed by atoms with E-state index in [1.165, 1.54) is 0 Å². The smallest absolute Gasteiger partial charge is 0.312 e. The molecule has 0 radical (unpaired) electrons. The van der Waals surface area contributed by atoms with E-state index in [0.717, 1.165) is 18.7 Å². The fourth-order valence-corrected chi connectivity index (χ4v) is 2.23. The Morgan fingerprint density at radius 1 is 1.47 bits per heavy atom. The van der Waals surface area contributed by atoms with Gasteiger partial charge < -0.3 is 14.6 Å². The number of carboxylic acid groups (broad SMARTS) is 1. The van der Waals surface area contributed by atoms with Crippen molar-refractivity contribution in [1.29, 1.82) is 0 Å². The topological polar surface area (TPSA) is 59.0 Å². The molecule has 1 fully saturated rings. The van der Waals surface area contributed by atoms with Gasteiger partial charge in [-0.3, -0.25) is 9.69 Å². The minimum absolute atomic E-state index is 0.506. The van der Waals surface area contributed by atoms with Crippen molar-refractivity contribution in [3.63, 3.8) is 0 Å². The molecule has 5 nitrogen and oxygen atoms in total. The molecule has 0 spiro atoms. The lowest BCUT2D eigenvalue weighted by Crippen LogP contribution is -2.40. The molecule has 1 aliphatic heterocycles. The molecule has 5 heteroatoms. The van der Waals surface area contributed by atoms with Crippen molar-refractivity contribution >= 4 is 5.97 Å². The first-order chi connectivity index (χ1) is 9.20. The highest BCUT2D eigenvalue weighted by Gasteiger charge is 2.24. The van der Waals surface area contributed by atoms with Gasteiger partial charge in [-0.05, 0) is 17.7 Å². The second-order valence-electron chi connectivity index (χ2n) is 4.58. The minimum Gasteiger partial charge on any atom is -0.497 e. The van der Waals surface area contributed by atoms with Gasteiger partial charge in [0.1, 0.15) is 5.75 Å². The fourth-order valence-electron chi connectivity index (χ4n) is 2.23. The maximum absolute atomic E-state index is 11.5. The third-order valence-electron chi connectivity index (χ3n) is 3.34. The van der Waals surface area contributed by atoms with Gasteiger partial charge in [0.2, 0.25) is 0 Å². The first-order valence-corrected chi connectivity index (χ1v) is 6.37. The zero-order valence-corrected chi connectivity index (χ0v) is 11.0. The van der Waals surface area contributed by atoms with Gasteiger partial charge in [0.15, 0.2) is 0 Å². The Hall–Kier alpha value is -1.59. The molecule has 1 saturated heterocycles. The van der Waals surface area contributed by atoms with Crippen molar-refractivity contribution in [3.8, 4) is 5.75 Å². The molecular formula is C14H19NO4. The number of morpholine rings is 1. The zero-order valence-electron chi connectivity index (χ0n) is 11.0. The summed E-state index contributed by atoms with van der Waals surface area (Å²) in [6.45, 7) is 3.42. The molecule has 0 saturated carbocycles. The van der Waals surface area contributed by atoms with Crippen LogP contribution >= 0.6 is 0 Å². The summed E-state index contributed by atoms with van der Waals surface area (Å²) in [4.78, 5) is 13.6. The Balaban J connectivity index is 2.11. The van der Waals surface area contributed by atoms with Crippen LogP contribution in [0.1, 0.15) is 11.5 Å². The fraction of sp³-hybridized carbons (Fsp3) is 0.500. The van der Waals surface area contributed by atoms with Crippen LogP contribution in [-0.2, 0) is 9.53 Å². The third-order valence-corrected chi connectivity index (χ3v) is 3.34. The van der Waals surface area contributed by atoms with Crippen LogP contribution < -0.4 is 4.74 Å². The molecule has 19 heavy (non-hydrogen) atoms. The maximum Gasteiger partial charge on any atom is 0.312 e. The van der Waals surface area contributed by atoms with Crippen LogP contribution in [0.4, 0.5) is 0 Å². The molecule has 1 aromatic carbocycles. The summed E-state index contributed by atoms with van der Waals surface area (Å²) in [6, 6.07) is 7.27. The number of carboxylic acids is 1. The van der Waals surface area contributed by atoms with Crippen LogP contribution in [0.25, 0.3) is 0 Å². The van der Waals surface area contributed by atoms with E-state index in [1.54, 1.807) is 13.2 Å². The average Bonchev–Trinajstić information content (AvgIpc) is 2.45. The molecule has 1 atom stereocenters. The third kappa shape index (κ3) is 3.68. The Labute approximate surface area is 112 Å². The summed E-state index contributed by atoms with van der Waals surface area (Å²) < 4.78 is 10.4. The molecule has 104 valence electrons. The van der Waals surface area contributed by atoms with Crippen molar-refractivity contribution < 1.29 is 19.4 Å². The summed E-state index contributed by atoms with van der Waals surface area (Å²) in [6.07, 6.45) is 0. The van der Waals surface area contributed by atoms with E-state index in [9.17, 15) is 9.90 Å². The van der Waals surface area contributed by atoms with Gasteiger partial charge in [0.05, 0.1) is 26.2 Å². The normalized spacial score (nSPS) is 17.9. The average molecular weight is 265 g/mol. The van der Waals surface area contributed by atoms with Gasteiger partial charge in [-0.25, -0.2) is 0 Å². The number of rotatable bonds is 5. The predicted molar refractivity (Wildman–Crippen MR) is 70.6 cm³/mol. The van der Waals surface area contributed by atoms with Gasteiger partial charge in [-0.15, -0.1) is 0 Å². The number of ether oxygens (including phenoxy) is 2. The summed E-state index contributed by atoms with van der Waals surface area (Å²) >= 11 is 0. The van der Waals surface area contributed by atoms with E-state index < -0.39 is 11.9 Å². The predicted octanol–water partition coefficient (Wildman–Crippen LogP) is 1.20. The van der Waals surface area contributed by atoms with E-state index in [4.69, 9.17) is 9.47 Å². The van der Waals surface area contributed by atoms with E-state index in [-0.39, 0.29) is 0 Å². The number of carbonyl (C=O) groups is 1. The van der Waals surface area contributed by atoms with Crippen molar-refractivity contribution in [2.75, 3.05) is 40.0 Å². The van der Waals surface area contributed by atoms with Crippen molar-refractivity contribution in [2.24, 2.45) is 0 Å². The number of hydrogen-bond donors (Lipinski definition) is 1. The Kier molecular flexibility index (Phi) is 4.76. The van der Waals surface area contributed by atoms with Gasteiger partial charge in [-0.2, -0.15) is 0 Å². The first-order valence-electron chi connectivity index (χ1n) is 6.37. The van der Waals surface area contributed by atoms with E-state index in [0.29, 0.717) is 25.5 Å². The number of hydrogen-bond acceptors (Lipinski definition) is 4. The van der Waals surface area contributed by atoms with E-state index in [2.05, 4.69) is 4.90 Å². The highest BCUT2D eigenvalue weighted by atomic mass is 16.5. The van der Waals surface area contributed by atoms with Crippen molar-refractivity contribution in [3.05, 3.63) is 29.8 Å². The van der Waals surface area contributed by atoms with Gasteiger partial charge in [-0.1, -0.05) is 12.1 Å². The highest BCUT2D eigenvalue weighted by molar-refractivity contribution is 5.76. The van der Waals surface area contributed by atoms with Crippen molar-refractivity contribution in [2.45, 2.75) is 5.92 Å². The summed E-state index contributed by atoms with van der Waals surface area (Å²) in [5, 5.41) is 9.42. The molecule has 1 aromatic rings. The monoisotopic (exact) mass is 265 g/mol. The van der Waals surface area contributed by atoms with Gasteiger partial charge >= 0.3 is 5.97 Å². The van der Waals surface area contributed by atoms with Crippen molar-refractivity contribution in [1.82, 2.24) is 4.90 Å². The second kappa shape index (κ2) is 6.54. The maximum atomic E-state index is 11.5. The standard InChI is InChI=1S/C14H19NO4/c1-18-12-4-2-3-11(9-12)13(14(16)17)10-15-5-7-19-8-6-15/h2-4,9,13H,5-8,10H2,1H3,(H,16,17). The molecule has 0 aromatic heterocycles. The summed E-state index contributed by atoms with van der Waals surface area (Å²) in [5.41, 5.74) is 0.776. The van der Waals surface area contributed by atoms with Crippen LogP contribution in [0, 0.1) is 0 Å². The summed E-state index contributed by atoms with van der Waals surface area (Å²) in [7, 11) is 1.58. The number of aliphatic carboxylic acids is 1. The quantitative estimate of drug-likeness (QED) is 0.866. The lowest BCUT2D eigenvalue weighted by Gasteiger charge is -2.29. The van der Waals surface area contributed by atoms with Crippen LogP contribution in [0.5, 0.6) is 5.75 Å². The lowest BCUT2D eigenvalue weighted by atomic mass is 9.98. The van der Waals surface area contributed by atoms with E-state index in [1.807, 2.05) is 18.2 Å². The van der Waals surface area contributed by atoms with Crippen LogP contribution in [0.15, 0.2) is 24.3 Å². The lowest BCUT2D eigenvalue weighted by molar-refractivity contribution is -0.139. The Morgan fingerprint density at radius 2 is 2.21 bits per heavy atom. The Morgan fingerprint density at radius 3 is 2.84 bits per heavy atom. The molecule has 0 bridgehead atoms. The first kappa shape index (κ1) is 13.8. The molecule has 1 aliphatic rings. The van der Waals surface area contributed by atoms with Gasteiger partial charge in [0.25, 0.3) is 0 Å². The van der Waals surface area contributed by atoms with Crippen LogP contribution in [-0.4, -0.2) is 55.9 Å². The number of benzene rings is 1. The van der Waals surface area contributed by atoms with Crippen LogP contribution in [0.2, 0.25) is 0 Å². The molecule has 0 amide bonds. The molecule has 1 N–H and O–H groups in total. The molecule has 1 unspecified atom stereocenters. The molecule has 0 aliphatic carbocycles. The highest BCUT2D eigenvalue weighted by Crippen LogP contribution is 2.22. The molecular weight excluding hydrogens is 246 g/mol. The number of methoxy groups -OCH3 is 1. The minimum atomic E-state index is -0.806. The van der Waals surface area contributed by atoms with Crippen LogP contribution in [0.3, 0.4) is 0 Å². The Bertz CT molecular complexity index is 429. The molecule has 2 rings (SSSR count). The number of nitrogens with zero attached hydrogens (tertiary/aromatic N) is 1. The zero-order chi connectivity index (χ0) is 13.7. The van der Waals surface area contributed by atoms with E-state index >= 15 is 0 Å².